The molecule has 2 aromatic carbocycles. The van der Waals surface area contributed by atoms with Gasteiger partial charge in [0.05, 0.1) is 0 Å². The molecule has 0 saturated carbocycles. The Balaban J connectivity index is 2.26. The average molecular weight is 468 g/mol. The number of halogens is 9. The summed E-state index contributed by atoms with van der Waals surface area (Å²) >= 11 is 0. The molecule has 1 N–H and O–H groups in total. The van der Waals surface area contributed by atoms with E-state index >= 15 is 0 Å². The summed E-state index contributed by atoms with van der Waals surface area (Å²) in [6.07, 6.45) is -5.80. The molecule has 0 bridgehead atoms. The molecule has 0 aliphatic carbocycles. The third-order valence-corrected chi connectivity index (χ3v) is 4.52. The number of hydrogen-bond donors (Lipinski definition) is 1. The second-order valence-electron chi connectivity index (χ2n) is 6.65. The molecule has 0 unspecified atom stereocenters. The molecule has 32 heavy (non-hydrogen) atoms. The van der Waals surface area contributed by atoms with E-state index in [0.29, 0.717) is 6.07 Å². The third-order valence-electron chi connectivity index (χ3n) is 4.52. The van der Waals surface area contributed by atoms with Gasteiger partial charge in [0, 0.05) is 11.3 Å². The lowest BCUT2D eigenvalue weighted by Gasteiger charge is -2.14. The highest BCUT2D eigenvalue weighted by Crippen LogP contribution is 2.37. The number of nitrogens with one attached hydrogen (secondary N) is 1. The number of nitrogens with zero attached hydrogens (tertiary/aromatic N) is 1. The van der Waals surface area contributed by atoms with Crippen LogP contribution in [0.25, 0.3) is 5.69 Å². The van der Waals surface area contributed by atoms with Gasteiger partial charge in [0.15, 0.2) is 34.9 Å². The SMILES string of the molecule is Cc1cc(C(=O)c2c(C)[nH]n(-c3c(F)c(F)c(C(F)(F)F)c(F)c3F)c2=O)cc(F)c1F. The minimum absolute atomic E-state index is 0.202. The van der Waals surface area contributed by atoms with Crippen LogP contribution in [0, 0.1) is 48.8 Å². The van der Waals surface area contributed by atoms with Crippen LogP contribution >= 0.6 is 0 Å². The maximum absolute atomic E-state index is 14.3. The van der Waals surface area contributed by atoms with E-state index in [1.807, 2.05) is 5.10 Å². The maximum atomic E-state index is 14.3. The Bertz CT molecular complexity index is 1280. The van der Waals surface area contributed by atoms with Crippen LogP contribution in [0.5, 0.6) is 0 Å². The fourth-order valence-corrected chi connectivity index (χ4v) is 3.04. The molecular formula is C19H9F9N2O2. The van der Waals surface area contributed by atoms with E-state index in [9.17, 15) is 49.1 Å². The molecule has 0 atom stereocenters. The summed E-state index contributed by atoms with van der Waals surface area (Å²) in [6, 6.07) is 1.31. The lowest BCUT2D eigenvalue weighted by atomic mass is 10.0. The quantitative estimate of drug-likeness (QED) is 0.339. The predicted octanol–water partition coefficient (Wildman–Crippen LogP) is 4.87. The Kier molecular flexibility index (Phi) is 5.48. The Morgan fingerprint density at radius 3 is 1.88 bits per heavy atom. The normalized spacial score (nSPS) is 11.8. The first-order valence-electron chi connectivity index (χ1n) is 8.43. The van der Waals surface area contributed by atoms with Gasteiger partial charge in [-0.3, -0.25) is 14.7 Å². The summed E-state index contributed by atoms with van der Waals surface area (Å²) in [7, 11) is 0. The van der Waals surface area contributed by atoms with Gasteiger partial charge >= 0.3 is 6.18 Å². The first kappa shape index (κ1) is 23.2. The maximum Gasteiger partial charge on any atom is 0.422 e. The summed E-state index contributed by atoms with van der Waals surface area (Å²) in [4.78, 5) is 25.2. The van der Waals surface area contributed by atoms with Crippen molar-refractivity contribution in [3.05, 3.63) is 85.3 Å². The van der Waals surface area contributed by atoms with Crippen molar-refractivity contribution in [2.45, 2.75) is 20.0 Å². The van der Waals surface area contributed by atoms with E-state index in [4.69, 9.17) is 0 Å². The molecule has 0 aliphatic heterocycles. The number of H-pyrrole nitrogens is 1. The van der Waals surface area contributed by atoms with Crippen molar-refractivity contribution in [1.29, 1.82) is 0 Å². The van der Waals surface area contributed by atoms with Gasteiger partial charge in [-0.2, -0.15) is 13.2 Å². The molecule has 3 aromatic rings. The molecule has 0 amide bonds. The van der Waals surface area contributed by atoms with Gasteiger partial charge in [-0.25, -0.2) is 31.0 Å². The largest absolute Gasteiger partial charge is 0.422 e. The number of carbonyl (C=O) groups excluding carboxylic acids is 1. The van der Waals surface area contributed by atoms with Crippen LogP contribution in [0.15, 0.2) is 16.9 Å². The topological polar surface area (TPSA) is 54.9 Å². The van der Waals surface area contributed by atoms with Gasteiger partial charge in [-0.1, -0.05) is 0 Å². The van der Waals surface area contributed by atoms with Gasteiger partial charge in [-0.05, 0) is 31.5 Å². The number of ketones is 1. The van der Waals surface area contributed by atoms with Crippen LogP contribution < -0.4 is 5.56 Å². The Labute approximate surface area is 171 Å². The zero-order valence-electron chi connectivity index (χ0n) is 15.8. The standard InChI is InChI=1S/C19H9F9N2O2/c1-5-3-7(4-8(20)11(5)21)17(31)9-6(2)29-30(18(9)32)16-14(24)12(22)10(19(26,27)28)13(23)15(16)25/h3-4,29H,1-2H3. The van der Waals surface area contributed by atoms with Crippen molar-refractivity contribution in [3.63, 3.8) is 0 Å². The minimum Gasteiger partial charge on any atom is -0.294 e. The zero-order chi connectivity index (χ0) is 24.3. The minimum atomic E-state index is -5.80. The van der Waals surface area contributed by atoms with Crippen LogP contribution in [-0.2, 0) is 6.18 Å². The number of alkyl halides is 3. The summed E-state index contributed by atoms with van der Waals surface area (Å²) in [6.45, 7) is 2.13. The van der Waals surface area contributed by atoms with Gasteiger partial charge in [0.25, 0.3) is 5.56 Å². The summed E-state index contributed by atoms with van der Waals surface area (Å²) in [5.41, 5.74) is -8.49. The number of aryl methyl sites for hydroxylation is 2. The van der Waals surface area contributed by atoms with Gasteiger partial charge in [0.1, 0.15) is 16.8 Å². The van der Waals surface area contributed by atoms with E-state index in [0.717, 1.165) is 19.9 Å². The summed E-state index contributed by atoms with van der Waals surface area (Å²) in [5.74, 6) is -14.7. The van der Waals surface area contributed by atoms with Crippen LogP contribution in [0.2, 0.25) is 0 Å². The van der Waals surface area contributed by atoms with Crippen molar-refractivity contribution in [3.8, 4) is 5.69 Å². The predicted molar refractivity (Wildman–Crippen MR) is 90.5 cm³/mol. The molecule has 1 aromatic heterocycles. The molecule has 170 valence electrons. The fraction of sp³-hybridized carbons (Fsp3) is 0.158. The van der Waals surface area contributed by atoms with Crippen LogP contribution in [0.3, 0.4) is 0 Å². The molecule has 0 saturated heterocycles. The van der Waals surface area contributed by atoms with Crippen LogP contribution in [0.1, 0.15) is 32.7 Å². The number of aromatic nitrogens is 2. The zero-order valence-corrected chi connectivity index (χ0v) is 15.8. The molecule has 4 nitrogen and oxygen atoms in total. The Hall–Kier alpha value is -3.51. The molecule has 0 fully saturated rings. The molecular weight excluding hydrogens is 459 g/mol. The van der Waals surface area contributed by atoms with Crippen molar-refractivity contribution in [1.82, 2.24) is 9.78 Å². The third kappa shape index (κ3) is 3.46. The van der Waals surface area contributed by atoms with Gasteiger partial charge < -0.3 is 0 Å². The summed E-state index contributed by atoms with van der Waals surface area (Å²) < 4.78 is 121. The van der Waals surface area contributed by atoms with E-state index in [2.05, 4.69) is 0 Å². The Morgan fingerprint density at radius 1 is 0.875 bits per heavy atom. The van der Waals surface area contributed by atoms with Crippen molar-refractivity contribution in [2.75, 3.05) is 0 Å². The molecule has 0 radical (unpaired) electrons. The molecule has 0 spiro atoms. The number of benzene rings is 2. The van der Waals surface area contributed by atoms with Crippen LogP contribution in [0.4, 0.5) is 39.5 Å². The van der Waals surface area contributed by atoms with Crippen LogP contribution in [-0.4, -0.2) is 15.6 Å². The first-order valence-corrected chi connectivity index (χ1v) is 8.43. The molecule has 13 heteroatoms. The fourth-order valence-electron chi connectivity index (χ4n) is 3.04. The highest BCUT2D eigenvalue weighted by molar-refractivity contribution is 6.09. The lowest BCUT2D eigenvalue weighted by Crippen LogP contribution is -2.25. The smallest absolute Gasteiger partial charge is 0.294 e. The molecule has 3 rings (SSSR count). The number of hydrogen-bond acceptors (Lipinski definition) is 2. The van der Waals surface area contributed by atoms with Crippen molar-refractivity contribution in [2.24, 2.45) is 0 Å². The Morgan fingerprint density at radius 2 is 1.41 bits per heavy atom. The highest BCUT2D eigenvalue weighted by Gasteiger charge is 2.43. The van der Waals surface area contributed by atoms with E-state index in [-0.39, 0.29) is 10.2 Å². The van der Waals surface area contributed by atoms with Gasteiger partial charge in [0.2, 0.25) is 5.78 Å². The number of carbonyl (C=O) groups is 1. The molecule has 0 aliphatic rings. The highest BCUT2D eigenvalue weighted by atomic mass is 19.4. The second-order valence-corrected chi connectivity index (χ2v) is 6.65. The van der Waals surface area contributed by atoms with Gasteiger partial charge in [-0.15, -0.1) is 0 Å². The van der Waals surface area contributed by atoms with E-state index in [1.165, 1.54) is 0 Å². The number of rotatable bonds is 3. The van der Waals surface area contributed by atoms with Crippen molar-refractivity contribution >= 4 is 5.78 Å². The monoisotopic (exact) mass is 468 g/mol. The molecule has 1 heterocycles. The van der Waals surface area contributed by atoms with E-state index in [1.54, 1.807) is 0 Å². The summed E-state index contributed by atoms with van der Waals surface area (Å²) in [5, 5.41) is 1.94. The average Bonchev–Trinajstić information content (AvgIpc) is 2.96. The van der Waals surface area contributed by atoms with Crippen molar-refractivity contribution < 1.29 is 44.3 Å². The second kappa shape index (κ2) is 7.57. The lowest BCUT2D eigenvalue weighted by molar-refractivity contribution is -0.143. The number of aromatic amines is 1. The van der Waals surface area contributed by atoms with E-state index < -0.39 is 80.5 Å². The first-order chi connectivity index (χ1) is 14.7.